The Balaban J connectivity index is 2.49. The number of carbonyl (C=O) groups excluding carboxylic acids is 2. The second-order valence-electron chi connectivity index (χ2n) is 3.79. The van der Waals surface area contributed by atoms with E-state index >= 15 is 0 Å². The van der Waals surface area contributed by atoms with E-state index < -0.39 is 23.8 Å². The maximum Gasteiger partial charge on any atom is 0.325 e. The fourth-order valence-electron chi connectivity index (χ4n) is 1.26. The molecule has 1 aromatic carbocycles. The fourth-order valence-corrected chi connectivity index (χ4v) is 1.48. The molecule has 0 aliphatic heterocycles. The van der Waals surface area contributed by atoms with Crippen LogP contribution in [0.5, 0.6) is 0 Å². The van der Waals surface area contributed by atoms with Crippen molar-refractivity contribution in [2.24, 2.45) is 0 Å². The zero-order valence-corrected chi connectivity index (χ0v) is 10.9. The molecule has 19 heavy (non-hydrogen) atoms. The highest BCUT2D eigenvalue weighted by molar-refractivity contribution is 6.33. The van der Waals surface area contributed by atoms with Gasteiger partial charge in [0.05, 0.1) is 17.1 Å². The first-order valence-electron chi connectivity index (χ1n) is 5.46. The smallest absolute Gasteiger partial charge is 0.325 e. The highest BCUT2D eigenvalue weighted by Gasteiger charge is 2.15. The Morgan fingerprint density at radius 3 is 2.53 bits per heavy atom. The van der Waals surface area contributed by atoms with Crippen molar-refractivity contribution in [3.63, 3.8) is 0 Å². The van der Waals surface area contributed by atoms with Gasteiger partial charge in [0.15, 0.2) is 0 Å². The topological polar surface area (TPSA) is 95.5 Å². The van der Waals surface area contributed by atoms with Gasteiger partial charge in [0.25, 0.3) is 5.91 Å². The van der Waals surface area contributed by atoms with Gasteiger partial charge in [-0.15, -0.1) is 0 Å². The Kier molecular flexibility index (Phi) is 5.32. The SMILES string of the molecule is CC(NC(=O)CNC(=O)c1ccccc1Cl)C(=O)O. The molecule has 0 saturated heterocycles. The van der Waals surface area contributed by atoms with Gasteiger partial charge in [-0.1, -0.05) is 23.7 Å². The third-order valence-corrected chi connectivity index (χ3v) is 2.61. The van der Waals surface area contributed by atoms with E-state index in [4.69, 9.17) is 16.7 Å². The van der Waals surface area contributed by atoms with Gasteiger partial charge < -0.3 is 15.7 Å². The van der Waals surface area contributed by atoms with Crippen LogP contribution in [0, 0.1) is 0 Å². The van der Waals surface area contributed by atoms with Crippen molar-refractivity contribution in [2.75, 3.05) is 6.54 Å². The standard InChI is InChI=1S/C12H13ClN2O4/c1-7(12(18)19)15-10(16)6-14-11(17)8-4-2-3-5-9(8)13/h2-5,7H,6H2,1H3,(H,14,17)(H,15,16)(H,18,19). The maximum absolute atomic E-state index is 11.7. The van der Waals surface area contributed by atoms with E-state index in [0.717, 1.165) is 0 Å². The highest BCUT2D eigenvalue weighted by atomic mass is 35.5. The molecule has 6 nitrogen and oxygen atoms in total. The Hall–Kier alpha value is -2.08. The van der Waals surface area contributed by atoms with Crippen LogP contribution < -0.4 is 10.6 Å². The van der Waals surface area contributed by atoms with Crippen LogP contribution in [0.1, 0.15) is 17.3 Å². The Labute approximate surface area is 114 Å². The molecule has 0 heterocycles. The van der Waals surface area contributed by atoms with E-state index in [-0.39, 0.29) is 17.1 Å². The third-order valence-electron chi connectivity index (χ3n) is 2.28. The molecule has 1 rings (SSSR count). The zero-order valence-electron chi connectivity index (χ0n) is 10.1. The average molecular weight is 285 g/mol. The number of hydrogen-bond acceptors (Lipinski definition) is 3. The quantitative estimate of drug-likeness (QED) is 0.740. The molecule has 1 atom stereocenters. The predicted octanol–water partition coefficient (Wildman–Crippen LogP) is 0.659. The van der Waals surface area contributed by atoms with Crippen LogP contribution in [0.3, 0.4) is 0 Å². The summed E-state index contributed by atoms with van der Waals surface area (Å²) in [6.45, 7) is 1.01. The average Bonchev–Trinajstić information content (AvgIpc) is 2.36. The van der Waals surface area contributed by atoms with Crippen LogP contribution in [-0.2, 0) is 9.59 Å². The minimum absolute atomic E-state index is 0.253. The van der Waals surface area contributed by atoms with Crippen LogP contribution in [0.15, 0.2) is 24.3 Å². The lowest BCUT2D eigenvalue weighted by molar-refractivity contribution is -0.141. The summed E-state index contributed by atoms with van der Waals surface area (Å²) in [5.74, 6) is -2.23. The number of benzene rings is 1. The summed E-state index contributed by atoms with van der Waals surface area (Å²) in [6, 6.07) is 5.40. The van der Waals surface area contributed by atoms with Gasteiger partial charge in [-0.2, -0.15) is 0 Å². The van der Waals surface area contributed by atoms with Gasteiger partial charge >= 0.3 is 5.97 Å². The van der Waals surface area contributed by atoms with Crippen molar-refractivity contribution in [1.82, 2.24) is 10.6 Å². The van der Waals surface area contributed by atoms with Crippen molar-refractivity contribution < 1.29 is 19.5 Å². The number of carbonyl (C=O) groups is 3. The summed E-state index contributed by atoms with van der Waals surface area (Å²) in [5.41, 5.74) is 0.253. The molecule has 2 amide bonds. The first kappa shape index (κ1) is 15.0. The summed E-state index contributed by atoms with van der Waals surface area (Å²) in [7, 11) is 0. The lowest BCUT2D eigenvalue weighted by Gasteiger charge is -2.10. The molecule has 7 heteroatoms. The Morgan fingerprint density at radius 1 is 1.32 bits per heavy atom. The summed E-state index contributed by atoms with van der Waals surface area (Å²) in [5, 5.41) is 13.5. The minimum atomic E-state index is -1.15. The number of rotatable bonds is 5. The molecule has 0 radical (unpaired) electrons. The largest absolute Gasteiger partial charge is 0.480 e. The lowest BCUT2D eigenvalue weighted by atomic mass is 10.2. The van der Waals surface area contributed by atoms with E-state index in [1.807, 2.05) is 0 Å². The van der Waals surface area contributed by atoms with Crippen LogP contribution in [-0.4, -0.2) is 35.5 Å². The molecular formula is C12H13ClN2O4. The molecule has 0 spiro atoms. The van der Waals surface area contributed by atoms with Crippen molar-refractivity contribution >= 4 is 29.4 Å². The van der Waals surface area contributed by atoms with Crippen molar-refractivity contribution in [3.05, 3.63) is 34.9 Å². The molecule has 3 N–H and O–H groups in total. The van der Waals surface area contributed by atoms with Gasteiger partial charge in [-0.3, -0.25) is 14.4 Å². The molecular weight excluding hydrogens is 272 g/mol. The number of carboxylic acids is 1. The fraction of sp³-hybridized carbons (Fsp3) is 0.250. The minimum Gasteiger partial charge on any atom is -0.480 e. The molecule has 102 valence electrons. The molecule has 1 aromatic rings. The first-order valence-corrected chi connectivity index (χ1v) is 5.84. The third kappa shape index (κ3) is 4.59. The van der Waals surface area contributed by atoms with Crippen molar-refractivity contribution in [3.8, 4) is 0 Å². The molecule has 1 unspecified atom stereocenters. The van der Waals surface area contributed by atoms with Crippen molar-refractivity contribution in [1.29, 1.82) is 0 Å². The molecule has 0 saturated carbocycles. The van der Waals surface area contributed by atoms with Crippen LogP contribution in [0.25, 0.3) is 0 Å². The summed E-state index contributed by atoms with van der Waals surface area (Å²) in [6.07, 6.45) is 0. The van der Waals surface area contributed by atoms with Crippen LogP contribution in [0.2, 0.25) is 5.02 Å². The van der Waals surface area contributed by atoms with E-state index in [1.165, 1.54) is 13.0 Å². The number of nitrogens with one attached hydrogen (secondary N) is 2. The first-order chi connectivity index (χ1) is 8.91. The highest BCUT2D eigenvalue weighted by Crippen LogP contribution is 2.14. The molecule has 0 aromatic heterocycles. The summed E-state index contributed by atoms with van der Waals surface area (Å²) in [4.78, 5) is 33.6. The van der Waals surface area contributed by atoms with Gasteiger partial charge in [0.2, 0.25) is 5.91 Å². The van der Waals surface area contributed by atoms with Gasteiger partial charge in [0.1, 0.15) is 6.04 Å². The second-order valence-corrected chi connectivity index (χ2v) is 4.20. The van der Waals surface area contributed by atoms with E-state index in [1.54, 1.807) is 18.2 Å². The van der Waals surface area contributed by atoms with E-state index in [9.17, 15) is 14.4 Å². The monoisotopic (exact) mass is 284 g/mol. The van der Waals surface area contributed by atoms with Crippen molar-refractivity contribution in [2.45, 2.75) is 13.0 Å². The van der Waals surface area contributed by atoms with Gasteiger partial charge in [-0.05, 0) is 19.1 Å². The number of carboxylic acid groups (broad SMARTS) is 1. The number of aliphatic carboxylic acids is 1. The molecule has 0 fully saturated rings. The molecule has 0 bridgehead atoms. The molecule has 0 aliphatic carbocycles. The normalized spacial score (nSPS) is 11.5. The zero-order chi connectivity index (χ0) is 14.4. The number of amides is 2. The lowest BCUT2D eigenvalue weighted by Crippen LogP contribution is -2.44. The Morgan fingerprint density at radius 2 is 1.95 bits per heavy atom. The van der Waals surface area contributed by atoms with Gasteiger partial charge in [0, 0.05) is 0 Å². The van der Waals surface area contributed by atoms with E-state index in [0.29, 0.717) is 0 Å². The number of hydrogen-bond donors (Lipinski definition) is 3. The van der Waals surface area contributed by atoms with Gasteiger partial charge in [-0.25, -0.2) is 0 Å². The van der Waals surface area contributed by atoms with Crippen LogP contribution in [0.4, 0.5) is 0 Å². The summed E-state index contributed by atoms with van der Waals surface area (Å²) >= 11 is 5.82. The number of halogens is 1. The summed E-state index contributed by atoms with van der Waals surface area (Å²) < 4.78 is 0. The second kappa shape index (κ2) is 6.75. The maximum atomic E-state index is 11.7. The van der Waals surface area contributed by atoms with E-state index in [2.05, 4.69) is 10.6 Å². The molecule has 0 aliphatic rings. The predicted molar refractivity (Wildman–Crippen MR) is 69.0 cm³/mol. The van der Waals surface area contributed by atoms with Crippen LogP contribution >= 0.6 is 11.6 Å². The Bertz CT molecular complexity index is 504.